The Morgan fingerprint density at radius 2 is 1.92 bits per heavy atom. The van der Waals surface area contributed by atoms with Crippen LogP contribution in [0.5, 0.6) is 5.88 Å². The summed E-state index contributed by atoms with van der Waals surface area (Å²) in [5.74, 6) is 1.29. The van der Waals surface area contributed by atoms with Crippen LogP contribution in [0.1, 0.15) is 37.1 Å². The largest absolute Gasteiger partial charge is 0.474 e. The molecule has 2 aromatic heterocycles. The maximum absolute atomic E-state index is 12.4. The standard InChI is InChI=1S/C17H24N4O3S/c1-12-4-9-16(18-10-12)24-15-7-5-14(6-8-15)20-25(22,23)17-11-21(3)13(2)19-17/h4,9-11,14-15,20H,5-8H2,1-3H3. The molecule has 0 atom stereocenters. The molecule has 0 aliphatic heterocycles. The summed E-state index contributed by atoms with van der Waals surface area (Å²) in [6.45, 7) is 3.76. The number of aromatic nitrogens is 3. The highest BCUT2D eigenvalue weighted by Crippen LogP contribution is 2.24. The summed E-state index contributed by atoms with van der Waals surface area (Å²) in [7, 11) is -1.80. The Labute approximate surface area is 148 Å². The van der Waals surface area contributed by atoms with E-state index in [1.807, 2.05) is 19.1 Å². The van der Waals surface area contributed by atoms with Crippen molar-refractivity contribution >= 4 is 10.0 Å². The highest BCUT2D eigenvalue weighted by molar-refractivity contribution is 7.89. The summed E-state index contributed by atoms with van der Waals surface area (Å²) in [6, 6.07) is 3.75. The van der Waals surface area contributed by atoms with Crippen LogP contribution in [0.4, 0.5) is 0 Å². The van der Waals surface area contributed by atoms with Gasteiger partial charge in [-0.1, -0.05) is 6.07 Å². The molecule has 0 radical (unpaired) electrons. The minimum atomic E-state index is -3.58. The molecule has 7 nitrogen and oxygen atoms in total. The first-order chi connectivity index (χ1) is 11.8. The summed E-state index contributed by atoms with van der Waals surface area (Å²) >= 11 is 0. The van der Waals surface area contributed by atoms with Crippen molar-refractivity contribution in [3.8, 4) is 5.88 Å². The Balaban J connectivity index is 1.54. The monoisotopic (exact) mass is 364 g/mol. The van der Waals surface area contributed by atoms with Crippen LogP contribution in [-0.2, 0) is 17.1 Å². The molecule has 1 aliphatic carbocycles. The van der Waals surface area contributed by atoms with Crippen molar-refractivity contribution in [1.29, 1.82) is 0 Å². The van der Waals surface area contributed by atoms with E-state index in [1.54, 1.807) is 24.7 Å². The number of aryl methyl sites for hydroxylation is 3. The molecule has 1 fully saturated rings. The highest BCUT2D eigenvalue weighted by atomic mass is 32.2. The van der Waals surface area contributed by atoms with Crippen LogP contribution >= 0.6 is 0 Å². The second-order valence-electron chi connectivity index (χ2n) is 6.62. The number of pyridine rings is 1. The van der Waals surface area contributed by atoms with Crippen LogP contribution < -0.4 is 9.46 Å². The molecule has 0 amide bonds. The van der Waals surface area contributed by atoms with Gasteiger partial charge in [-0.05, 0) is 45.1 Å². The lowest BCUT2D eigenvalue weighted by molar-refractivity contribution is 0.138. The minimum absolute atomic E-state index is 0.0769. The van der Waals surface area contributed by atoms with Crippen molar-refractivity contribution in [3.05, 3.63) is 35.9 Å². The van der Waals surface area contributed by atoms with E-state index in [-0.39, 0.29) is 17.2 Å². The van der Waals surface area contributed by atoms with Crippen molar-refractivity contribution in [2.75, 3.05) is 0 Å². The number of imidazole rings is 1. The first kappa shape index (κ1) is 17.9. The fraction of sp³-hybridized carbons (Fsp3) is 0.529. The fourth-order valence-corrected chi connectivity index (χ4v) is 4.27. The minimum Gasteiger partial charge on any atom is -0.474 e. The second-order valence-corrected chi connectivity index (χ2v) is 8.28. The summed E-state index contributed by atoms with van der Waals surface area (Å²) < 4.78 is 35.2. The molecule has 0 saturated heterocycles. The van der Waals surface area contributed by atoms with E-state index in [0.29, 0.717) is 11.7 Å². The maximum atomic E-state index is 12.4. The van der Waals surface area contributed by atoms with E-state index >= 15 is 0 Å². The third kappa shape index (κ3) is 4.38. The molecular formula is C17H24N4O3S. The van der Waals surface area contributed by atoms with Gasteiger partial charge in [-0.2, -0.15) is 0 Å². The van der Waals surface area contributed by atoms with Gasteiger partial charge in [0.2, 0.25) is 5.88 Å². The highest BCUT2D eigenvalue weighted by Gasteiger charge is 2.28. The van der Waals surface area contributed by atoms with Gasteiger partial charge < -0.3 is 9.30 Å². The summed E-state index contributed by atoms with van der Waals surface area (Å²) in [5, 5.41) is 0.0785. The van der Waals surface area contributed by atoms with Crippen LogP contribution in [0.2, 0.25) is 0 Å². The first-order valence-corrected chi connectivity index (χ1v) is 9.93. The molecular weight excluding hydrogens is 340 g/mol. The smallest absolute Gasteiger partial charge is 0.259 e. The number of ether oxygens (including phenoxy) is 1. The Kier molecular flexibility index (Phi) is 5.10. The molecule has 3 rings (SSSR count). The predicted molar refractivity (Wildman–Crippen MR) is 93.9 cm³/mol. The number of rotatable bonds is 5. The average Bonchev–Trinajstić information content (AvgIpc) is 2.91. The zero-order chi connectivity index (χ0) is 18.0. The number of nitrogens with one attached hydrogen (secondary N) is 1. The van der Waals surface area contributed by atoms with E-state index < -0.39 is 10.0 Å². The van der Waals surface area contributed by atoms with Crippen molar-refractivity contribution < 1.29 is 13.2 Å². The van der Waals surface area contributed by atoms with Crippen LogP contribution in [0.25, 0.3) is 0 Å². The molecule has 8 heteroatoms. The number of hydrogen-bond acceptors (Lipinski definition) is 5. The van der Waals surface area contributed by atoms with Gasteiger partial charge in [0.05, 0.1) is 0 Å². The van der Waals surface area contributed by atoms with Crippen molar-refractivity contribution in [1.82, 2.24) is 19.3 Å². The maximum Gasteiger partial charge on any atom is 0.259 e. The quantitative estimate of drug-likeness (QED) is 0.878. The Bertz CT molecular complexity index is 803. The van der Waals surface area contributed by atoms with E-state index in [4.69, 9.17) is 4.74 Å². The molecule has 1 N–H and O–H groups in total. The lowest BCUT2D eigenvalue weighted by Gasteiger charge is -2.28. The van der Waals surface area contributed by atoms with Crippen LogP contribution in [0.3, 0.4) is 0 Å². The second kappa shape index (κ2) is 7.13. The van der Waals surface area contributed by atoms with E-state index in [0.717, 1.165) is 31.2 Å². The lowest BCUT2D eigenvalue weighted by atomic mass is 9.94. The SMILES string of the molecule is Cc1ccc(OC2CCC(NS(=O)(=O)c3cn(C)c(C)n3)CC2)nc1. The van der Waals surface area contributed by atoms with Gasteiger partial charge in [0, 0.05) is 31.5 Å². The predicted octanol–water partition coefficient (Wildman–Crippen LogP) is 2.10. The first-order valence-electron chi connectivity index (χ1n) is 8.45. The fourth-order valence-electron chi connectivity index (χ4n) is 2.93. The molecule has 0 aromatic carbocycles. The third-order valence-electron chi connectivity index (χ3n) is 4.53. The number of nitrogens with zero attached hydrogens (tertiary/aromatic N) is 3. The number of hydrogen-bond donors (Lipinski definition) is 1. The average molecular weight is 364 g/mol. The topological polar surface area (TPSA) is 86.1 Å². The molecule has 1 aliphatic rings. The normalized spacial score (nSPS) is 21.2. The summed E-state index contributed by atoms with van der Waals surface area (Å²) in [5.41, 5.74) is 1.09. The van der Waals surface area contributed by atoms with Crippen LogP contribution in [-0.4, -0.2) is 35.1 Å². The zero-order valence-corrected chi connectivity index (χ0v) is 15.6. The van der Waals surface area contributed by atoms with Crippen molar-refractivity contribution in [2.24, 2.45) is 7.05 Å². The molecule has 0 spiro atoms. The van der Waals surface area contributed by atoms with E-state index in [1.165, 1.54) is 6.20 Å². The molecule has 2 aromatic rings. The summed E-state index contributed by atoms with van der Waals surface area (Å²) in [4.78, 5) is 8.36. The van der Waals surface area contributed by atoms with E-state index in [2.05, 4.69) is 14.7 Å². The summed E-state index contributed by atoms with van der Waals surface area (Å²) in [6.07, 6.45) is 6.46. The Hall–Kier alpha value is -1.93. The third-order valence-corrected chi connectivity index (χ3v) is 5.92. The van der Waals surface area contributed by atoms with Crippen molar-refractivity contribution in [2.45, 2.75) is 56.7 Å². The van der Waals surface area contributed by atoms with Gasteiger partial charge in [-0.15, -0.1) is 0 Å². The van der Waals surface area contributed by atoms with Crippen LogP contribution in [0, 0.1) is 13.8 Å². The molecule has 0 unspecified atom stereocenters. The van der Waals surface area contributed by atoms with E-state index in [9.17, 15) is 8.42 Å². The van der Waals surface area contributed by atoms with Gasteiger partial charge in [-0.25, -0.2) is 23.1 Å². The lowest BCUT2D eigenvalue weighted by Crippen LogP contribution is -2.39. The molecule has 25 heavy (non-hydrogen) atoms. The Morgan fingerprint density at radius 1 is 1.20 bits per heavy atom. The van der Waals surface area contributed by atoms with Gasteiger partial charge >= 0.3 is 0 Å². The number of sulfonamides is 1. The van der Waals surface area contributed by atoms with Crippen LogP contribution in [0.15, 0.2) is 29.6 Å². The van der Waals surface area contributed by atoms with Gasteiger partial charge in [0.1, 0.15) is 11.9 Å². The Morgan fingerprint density at radius 3 is 2.48 bits per heavy atom. The molecule has 0 bridgehead atoms. The van der Waals surface area contributed by atoms with Crippen molar-refractivity contribution in [3.63, 3.8) is 0 Å². The van der Waals surface area contributed by atoms with Gasteiger partial charge in [0.25, 0.3) is 10.0 Å². The van der Waals surface area contributed by atoms with Gasteiger partial charge in [-0.3, -0.25) is 0 Å². The zero-order valence-electron chi connectivity index (χ0n) is 14.8. The molecule has 1 saturated carbocycles. The molecule has 2 heterocycles. The van der Waals surface area contributed by atoms with Gasteiger partial charge in [0.15, 0.2) is 5.03 Å². The molecule has 136 valence electrons.